The Bertz CT molecular complexity index is 1860. The predicted octanol–water partition coefficient (Wildman–Crippen LogP) is 7.26. The number of thiazole rings is 1. The van der Waals surface area contributed by atoms with Gasteiger partial charge in [-0.2, -0.15) is 0 Å². The number of carbonyl (C=O) groups is 3. The van der Waals surface area contributed by atoms with Crippen LogP contribution in [0, 0.1) is 12.8 Å². The van der Waals surface area contributed by atoms with Crippen molar-refractivity contribution < 1.29 is 14.4 Å². The van der Waals surface area contributed by atoms with E-state index >= 15 is 0 Å². The molecule has 1 N–H and O–H groups in total. The van der Waals surface area contributed by atoms with Crippen molar-refractivity contribution in [2.24, 2.45) is 5.92 Å². The number of fused-ring (bicyclic) bond motifs is 2. The number of nitrogens with zero attached hydrogens (tertiary/aromatic N) is 2. The van der Waals surface area contributed by atoms with Crippen LogP contribution in [-0.2, 0) is 26.3 Å². The van der Waals surface area contributed by atoms with Crippen LogP contribution in [0.5, 0.6) is 0 Å². The number of aryl methyl sites for hydroxylation is 1. The number of rotatable bonds is 5. The average Bonchev–Trinajstić information content (AvgIpc) is 3.41. The van der Waals surface area contributed by atoms with Gasteiger partial charge in [0.25, 0.3) is 0 Å². The number of nitrogens with one attached hydrogen (secondary N) is 1. The number of imide groups is 1. The highest BCUT2D eigenvalue weighted by molar-refractivity contribution is 8.00. The van der Waals surface area contributed by atoms with Gasteiger partial charge in [-0.25, -0.2) is 4.90 Å². The summed E-state index contributed by atoms with van der Waals surface area (Å²) in [5.41, 5.74) is 3.87. The van der Waals surface area contributed by atoms with Gasteiger partial charge < -0.3 is 5.32 Å². The van der Waals surface area contributed by atoms with Gasteiger partial charge >= 0.3 is 4.87 Å². The summed E-state index contributed by atoms with van der Waals surface area (Å²) in [4.78, 5) is 56.2. The molecular weight excluding hydrogens is 637 g/mol. The first-order chi connectivity index (χ1) is 20.8. The molecule has 0 saturated carbocycles. The minimum absolute atomic E-state index is 0.0775. The van der Waals surface area contributed by atoms with Crippen molar-refractivity contribution in [1.29, 1.82) is 0 Å². The van der Waals surface area contributed by atoms with Crippen LogP contribution in [0.2, 0.25) is 10.0 Å². The molecule has 6 rings (SSSR count). The van der Waals surface area contributed by atoms with Gasteiger partial charge in [-0.3, -0.25) is 23.7 Å². The molecule has 1 fully saturated rings. The Balaban J connectivity index is 1.41. The zero-order chi connectivity index (χ0) is 31.5. The zero-order valence-electron chi connectivity index (χ0n) is 24.4. The molecule has 44 heavy (non-hydrogen) atoms. The average molecular weight is 667 g/mol. The smallest absolute Gasteiger partial charge is 0.308 e. The lowest BCUT2D eigenvalue weighted by Gasteiger charge is -2.31. The topological polar surface area (TPSA) is 88.5 Å². The molecule has 3 atom stereocenters. The lowest BCUT2D eigenvalue weighted by Crippen LogP contribution is -2.33. The predicted molar refractivity (Wildman–Crippen MR) is 177 cm³/mol. The van der Waals surface area contributed by atoms with E-state index in [2.05, 4.69) is 26.1 Å². The molecule has 0 spiro atoms. The fourth-order valence-corrected chi connectivity index (χ4v) is 8.74. The summed E-state index contributed by atoms with van der Waals surface area (Å²) >= 11 is 14.3. The highest BCUT2D eigenvalue weighted by Gasteiger charge is 2.56. The first kappa shape index (κ1) is 30.6. The van der Waals surface area contributed by atoms with E-state index in [4.69, 9.17) is 23.2 Å². The van der Waals surface area contributed by atoms with E-state index in [0.29, 0.717) is 31.3 Å². The molecule has 11 heteroatoms. The molecular formula is C33H29Cl2N3O4S2. The van der Waals surface area contributed by atoms with Gasteiger partial charge in [-0.15, -0.1) is 0 Å². The van der Waals surface area contributed by atoms with Crippen molar-refractivity contribution in [2.75, 3.05) is 10.2 Å². The molecule has 4 aromatic rings. The van der Waals surface area contributed by atoms with Crippen LogP contribution < -0.4 is 15.1 Å². The molecule has 1 saturated heterocycles. The van der Waals surface area contributed by atoms with Gasteiger partial charge in [0.2, 0.25) is 17.7 Å². The minimum Gasteiger partial charge on any atom is -0.324 e. The SMILES string of the molecule is Cc1ccc(N2C(=O)C3Sc4c(sc(=O)n4CC(=O)Nc4ccc(Cl)c(Cl)c4)[C@H](c4ccc(C(C)(C)C)cc4)C3C2=O)cc1. The van der Waals surface area contributed by atoms with Crippen LogP contribution in [0.3, 0.4) is 0 Å². The third-order valence-corrected chi connectivity index (χ3v) is 11.3. The minimum atomic E-state index is -0.762. The number of thioether (sulfide) groups is 1. The Morgan fingerprint density at radius 2 is 1.59 bits per heavy atom. The quantitative estimate of drug-likeness (QED) is 0.227. The van der Waals surface area contributed by atoms with Gasteiger partial charge in [-0.1, -0.05) is 109 Å². The Hall–Kier alpha value is -3.37. The molecule has 3 amide bonds. The zero-order valence-corrected chi connectivity index (χ0v) is 27.5. The van der Waals surface area contributed by atoms with Crippen LogP contribution in [0.15, 0.2) is 76.6 Å². The van der Waals surface area contributed by atoms with Crippen LogP contribution in [0.4, 0.5) is 11.4 Å². The van der Waals surface area contributed by atoms with Crippen LogP contribution >= 0.6 is 46.3 Å². The summed E-state index contributed by atoms with van der Waals surface area (Å²) < 4.78 is 1.40. The largest absolute Gasteiger partial charge is 0.324 e. The second-order valence-electron chi connectivity index (χ2n) is 12.1. The van der Waals surface area contributed by atoms with E-state index in [-0.39, 0.29) is 28.6 Å². The van der Waals surface area contributed by atoms with Crippen LogP contribution in [-0.4, -0.2) is 27.5 Å². The summed E-state index contributed by atoms with van der Waals surface area (Å²) in [6.07, 6.45) is 0. The lowest BCUT2D eigenvalue weighted by molar-refractivity contribution is -0.122. The summed E-state index contributed by atoms with van der Waals surface area (Å²) in [5, 5.41) is 3.18. The number of hydrogen-bond acceptors (Lipinski definition) is 6. The number of anilines is 2. The fourth-order valence-electron chi connectivity index (χ4n) is 5.67. The molecule has 2 unspecified atom stereocenters. The maximum Gasteiger partial charge on any atom is 0.308 e. The third kappa shape index (κ3) is 5.51. The standard InChI is InChI=1S/C33H29Cl2N3O4S2/c1-17-5-12-21(13-6-17)38-29(40)26-25(18-7-9-19(10-8-18)33(2,3)4)28-31(43-27(26)30(38)41)37(32(42)44-28)16-24(39)36-20-11-14-22(34)23(35)15-20/h5-15,25-27H,16H2,1-4H3,(H,36,39)/t25-,26?,27?/m1/s1. The van der Waals surface area contributed by atoms with E-state index < -0.39 is 23.0 Å². The second kappa shape index (κ2) is 11.5. The van der Waals surface area contributed by atoms with E-state index in [9.17, 15) is 19.2 Å². The molecule has 3 heterocycles. The Kier molecular flexibility index (Phi) is 8.03. The maximum atomic E-state index is 14.1. The molecule has 3 aromatic carbocycles. The first-order valence-electron chi connectivity index (χ1n) is 14.0. The number of hydrogen-bond donors (Lipinski definition) is 1. The van der Waals surface area contributed by atoms with E-state index in [1.165, 1.54) is 27.3 Å². The Labute approximate surface area is 273 Å². The van der Waals surface area contributed by atoms with Gasteiger partial charge in [-0.05, 0) is 53.8 Å². The van der Waals surface area contributed by atoms with Gasteiger partial charge in [0.05, 0.1) is 26.7 Å². The highest BCUT2D eigenvalue weighted by atomic mass is 35.5. The maximum absolute atomic E-state index is 14.1. The lowest BCUT2D eigenvalue weighted by atomic mass is 9.81. The summed E-state index contributed by atoms with van der Waals surface area (Å²) in [7, 11) is 0. The summed E-state index contributed by atoms with van der Waals surface area (Å²) in [6, 6.07) is 20.1. The Morgan fingerprint density at radius 3 is 2.23 bits per heavy atom. The monoisotopic (exact) mass is 665 g/mol. The molecule has 0 aliphatic carbocycles. The number of aromatic nitrogens is 1. The summed E-state index contributed by atoms with van der Waals surface area (Å²) in [5.74, 6) is -2.31. The van der Waals surface area contributed by atoms with Crippen molar-refractivity contribution in [1.82, 2.24) is 4.57 Å². The van der Waals surface area contributed by atoms with E-state index in [0.717, 1.165) is 28.0 Å². The van der Waals surface area contributed by atoms with Gasteiger partial charge in [0.1, 0.15) is 11.8 Å². The van der Waals surface area contributed by atoms with E-state index in [1.54, 1.807) is 24.3 Å². The fraction of sp³-hybridized carbons (Fsp3) is 0.273. The number of halogens is 2. The second-order valence-corrected chi connectivity index (χ2v) is 15.0. The highest BCUT2D eigenvalue weighted by Crippen LogP contribution is 2.54. The molecule has 2 aliphatic rings. The van der Waals surface area contributed by atoms with Crippen molar-refractivity contribution >= 4 is 75.4 Å². The van der Waals surface area contributed by atoms with Gasteiger partial charge in [0, 0.05) is 16.5 Å². The van der Waals surface area contributed by atoms with Crippen molar-refractivity contribution in [3.63, 3.8) is 0 Å². The number of carbonyl (C=O) groups excluding carboxylic acids is 3. The third-order valence-electron chi connectivity index (χ3n) is 7.98. The molecule has 7 nitrogen and oxygen atoms in total. The number of benzene rings is 3. The van der Waals surface area contributed by atoms with E-state index in [1.807, 2.05) is 43.3 Å². The molecule has 2 aliphatic heterocycles. The molecule has 0 bridgehead atoms. The van der Waals surface area contributed by atoms with Crippen molar-refractivity contribution in [3.05, 3.63) is 108 Å². The Morgan fingerprint density at radius 1 is 0.909 bits per heavy atom. The molecule has 226 valence electrons. The normalized spacial score (nSPS) is 19.6. The first-order valence-corrected chi connectivity index (χ1v) is 16.5. The van der Waals surface area contributed by atoms with Crippen molar-refractivity contribution in [2.45, 2.75) is 55.8 Å². The molecule has 0 radical (unpaired) electrons. The van der Waals surface area contributed by atoms with Crippen LogP contribution in [0.1, 0.15) is 48.3 Å². The summed E-state index contributed by atoms with van der Waals surface area (Å²) in [6.45, 7) is 8.05. The van der Waals surface area contributed by atoms with Crippen molar-refractivity contribution in [3.8, 4) is 0 Å². The number of amides is 3. The van der Waals surface area contributed by atoms with Gasteiger partial charge in [0.15, 0.2) is 0 Å². The molecule has 1 aromatic heterocycles. The van der Waals surface area contributed by atoms with Crippen LogP contribution in [0.25, 0.3) is 0 Å².